The lowest BCUT2D eigenvalue weighted by Crippen LogP contribution is -2.29. The molecule has 2 rings (SSSR count). The first-order valence-electron chi connectivity index (χ1n) is 6.06. The number of benzene rings is 1. The Bertz CT molecular complexity index is 551. The molecule has 0 spiro atoms. The molecular weight excluding hydrogens is 283 g/mol. The molecule has 19 heavy (non-hydrogen) atoms. The van der Waals surface area contributed by atoms with Gasteiger partial charge in [0.25, 0.3) is 0 Å². The first kappa shape index (κ1) is 14.6. The average Bonchev–Trinajstić information content (AvgIpc) is 2.40. The van der Waals surface area contributed by atoms with Crippen molar-refractivity contribution in [3.05, 3.63) is 39.4 Å². The average molecular weight is 299 g/mol. The van der Waals surface area contributed by atoms with Crippen LogP contribution in [0.1, 0.15) is 33.3 Å². The van der Waals surface area contributed by atoms with Crippen LogP contribution in [-0.2, 0) is 9.53 Å². The second-order valence-corrected chi connectivity index (χ2v) is 6.46. The van der Waals surface area contributed by atoms with E-state index >= 15 is 0 Å². The van der Waals surface area contributed by atoms with Gasteiger partial charge in [-0.2, -0.15) is 0 Å². The Balaban J connectivity index is 2.58. The highest BCUT2D eigenvalue weighted by Crippen LogP contribution is 2.41. The van der Waals surface area contributed by atoms with Crippen LogP contribution in [0.5, 0.6) is 0 Å². The summed E-state index contributed by atoms with van der Waals surface area (Å²) in [6, 6.07) is 5.27. The summed E-state index contributed by atoms with van der Waals surface area (Å²) in [5.74, 6) is -0.0338. The van der Waals surface area contributed by atoms with Gasteiger partial charge in [-0.1, -0.05) is 29.3 Å². The Labute approximate surface area is 123 Å². The molecule has 0 atom stereocenters. The zero-order valence-corrected chi connectivity index (χ0v) is 12.9. The van der Waals surface area contributed by atoms with E-state index in [1.165, 1.54) is 0 Å². The second-order valence-electron chi connectivity index (χ2n) is 5.65. The zero-order chi connectivity index (χ0) is 14.4. The Morgan fingerprint density at radius 3 is 2.00 bits per heavy atom. The van der Waals surface area contributed by atoms with E-state index in [0.29, 0.717) is 21.2 Å². The highest BCUT2D eigenvalue weighted by Gasteiger charge is 2.49. The van der Waals surface area contributed by atoms with E-state index in [1.807, 2.05) is 13.8 Å². The SMILES string of the molecule is CC1(C)OC(C)(C)C(=Cc2c(Cl)cccc2Cl)C1=O. The van der Waals surface area contributed by atoms with Crippen LogP contribution in [0.25, 0.3) is 6.08 Å². The molecule has 0 N–H and O–H groups in total. The standard InChI is InChI=1S/C15H16Cl2O2/c1-14(2)10(13(18)15(3,4)19-14)8-9-11(16)6-5-7-12(9)17/h5-8H,1-4H3. The van der Waals surface area contributed by atoms with Crippen molar-refractivity contribution in [2.75, 3.05) is 0 Å². The van der Waals surface area contributed by atoms with Gasteiger partial charge in [0.05, 0.1) is 5.60 Å². The van der Waals surface area contributed by atoms with Crippen molar-refractivity contribution in [2.24, 2.45) is 0 Å². The van der Waals surface area contributed by atoms with Gasteiger partial charge in [-0.3, -0.25) is 4.79 Å². The van der Waals surface area contributed by atoms with Crippen LogP contribution in [-0.4, -0.2) is 17.0 Å². The maximum Gasteiger partial charge on any atom is 0.192 e. The van der Waals surface area contributed by atoms with E-state index in [1.54, 1.807) is 38.1 Å². The maximum absolute atomic E-state index is 12.4. The molecular formula is C15H16Cl2O2. The van der Waals surface area contributed by atoms with E-state index < -0.39 is 11.2 Å². The second kappa shape index (κ2) is 4.62. The highest BCUT2D eigenvalue weighted by atomic mass is 35.5. The van der Waals surface area contributed by atoms with Crippen LogP contribution in [0.3, 0.4) is 0 Å². The van der Waals surface area contributed by atoms with Crippen LogP contribution in [0.4, 0.5) is 0 Å². The Hall–Kier alpha value is -0.830. The third-order valence-electron chi connectivity index (χ3n) is 3.24. The number of carbonyl (C=O) groups excluding carboxylic acids is 1. The summed E-state index contributed by atoms with van der Waals surface area (Å²) < 4.78 is 5.81. The maximum atomic E-state index is 12.4. The summed E-state index contributed by atoms with van der Waals surface area (Å²) >= 11 is 12.3. The molecule has 0 saturated carbocycles. The molecule has 0 aromatic heterocycles. The number of hydrogen-bond donors (Lipinski definition) is 0. The van der Waals surface area contributed by atoms with E-state index in [4.69, 9.17) is 27.9 Å². The van der Waals surface area contributed by atoms with Gasteiger partial charge in [-0.15, -0.1) is 0 Å². The van der Waals surface area contributed by atoms with Crippen molar-refractivity contribution < 1.29 is 9.53 Å². The van der Waals surface area contributed by atoms with Gasteiger partial charge < -0.3 is 4.74 Å². The molecule has 1 aliphatic rings. The lowest BCUT2D eigenvalue weighted by Gasteiger charge is -2.22. The molecule has 102 valence electrons. The molecule has 1 aliphatic heterocycles. The van der Waals surface area contributed by atoms with Gasteiger partial charge in [0.15, 0.2) is 5.78 Å². The van der Waals surface area contributed by atoms with Crippen LogP contribution in [0.15, 0.2) is 23.8 Å². The van der Waals surface area contributed by atoms with E-state index in [2.05, 4.69) is 0 Å². The van der Waals surface area contributed by atoms with Gasteiger partial charge in [-0.05, 0) is 45.9 Å². The minimum Gasteiger partial charge on any atom is -0.357 e. The molecule has 1 heterocycles. The Morgan fingerprint density at radius 1 is 1.05 bits per heavy atom. The minimum atomic E-state index is -0.816. The Kier molecular flexibility index (Phi) is 3.54. The number of ketones is 1. The van der Waals surface area contributed by atoms with Crippen LogP contribution in [0, 0.1) is 0 Å². The van der Waals surface area contributed by atoms with Gasteiger partial charge in [-0.25, -0.2) is 0 Å². The third kappa shape index (κ3) is 2.58. The van der Waals surface area contributed by atoms with Gasteiger partial charge in [0.1, 0.15) is 5.60 Å². The lowest BCUT2D eigenvalue weighted by molar-refractivity contribution is -0.132. The number of Topliss-reactive ketones (excluding diaryl/α,β-unsaturated/α-hetero) is 1. The van der Waals surface area contributed by atoms with Crippen LogP contribution < -0.4 is 0 Å². The first-order valence-corrected chi connectivity index (χ1v) is 6.82. The predicted octanol–water partition coefficient (Wildman–Crippen LogP) is 4.53. The summed E-state index contributed by atoms with van der Waals surface area (Å²) in [5, 5.41) is 1.04. The fraction of sp³-hybridized carbons (Fsp3) is 0.400. The molecule has 1 aromatic rings. The number of hydrogen-bond acceptors (Lipinski definition) is 2. The van der Waals surface area contributed by atoms with E-state index in [9.17, 15) is 4.79 Å². The fourth-order valence-corrected chi connectivity index (χ4v) is 2.88. The van der Waals surface area contributed by atoms with Gasteiger partial charge >= 0.3 is 0 Å². The zero-order valence-electron chi connectivity index (χ0n) is 11.4. The van der Waals surface area contributed by atoms with Crippen molar-refractivity contribution in [1.82, 2.24) is 0 Å². The molecule has 1 aromatic carbocycles. The lowest BCUT2D eigenvalue weighted by atomic mass is 9.91. The van der Waals surface area contributed by atoms with Gasteiger partial charge in [0, 0.05) is 21.2 Å². The monoisotopic (exact) mass is 298 g/mol. The normalized spacial score (nSPS) is 23.1. The Morgan fingerprint density at radius 2 is 1.58 bits per heavy atom. The molecule has 0 bridgehead atoms. The number of rotatable bonds is 1. The first-order chi connectivity index (χ1) is 8.65. The highest BCUT2D eigenvalue weighted by molar-refractivity contribution is 6.37. The predicted molar refractivity (Wildman–Crippen MR) is 78.7 cm³/mol. The molecule has 2 nitrogen and oxygen atoms in total. The van der Waals surface area contributed by atoms with Crippen molar-refractivity contribution in [3.63, 3.8) is 0 Å². The summed E-state index contributed by atoms with van der Waals surface area (Å²) in [6.07, 6.45) is 1.74. The van der Waals surface area contributed by atoms with Crippen molar-refractivity contribution in [2.45, 2.75) is 38.9 Å². The number of halogens is 2. The smallest absolute Gasteiger partial charge is 0.192 e. The summed E-state index contributed by atoms with van der Waals surface area (Å²) in [4.78, 5) is 12.4. The molecule has 0 amide bonds. The summed E-state index contributed by atoms with van der Waals surface area (Å²) in [7, 11) is 0. The molecule has 0 aliphatic carbocycles. The summed E-state index contributed by atoms with van der Waals surface area (Å²) in [6.45, 7) is 7.28. The van der Waals surface area contributed by atoms with Crippen LogP contribution in [0.2, 0.25) is 10.0 Å². The minimum absolute atomic E-state index is 0.0338. The van der Waals surface area contributed by atoms with E-state index in [0.717, 1.165) is 0 Å². The molecule has 0 radical (unpaired) electrons. The molecule has 1 saturated heterocycles. The van der Waals surface area contributed by atoms with E-state index in [-0.39, 0.29) is 5.78 Å². The van der Waals surface area contributed by atoms with Crippen LogP contribution >= 0.6 is 23.2 Å². The van der Waals surface area contributed by atoms with Gasteiger partial charge in [0.2, 0.25) is 0 Å². The third-order valence-corrected chi connectivity index (χ3v) is 3.90. The number of ether oxygens (including phenoxy) is 1. The van der Waals surface area contributed by atoms with Crippen molar-refractivity contribution in [1.29, 1.82) is 0 Å². The quantitative estimate of drug-likeness (QED) is 0.712. The topological polar surface area (TPSA) is 26.3 Å². The number of carbonyl (C=O) groups is 1. The molecule has 1 fully saturated rings. The molecule has 4 heteroatoms. The largest absolute Gasteiger partial charge is 0.357 e. The van der Waals surface area contributed by atoms with Crippen molar-refractivity contribution >= 4 is 35.1 Å². The fourth-order valence-electron chi connectivity index (χ4n) is 2.37. The van der Waals surface area contributed by atoms with Crippen molar-refractivity contribution in [3.8, 4) is 0 Å². The molecule has 0 unspecified atom stereocenters. The summed E-state index contributed by atoms with van der Waals surface area (Å²) in [5.41, 5.74) is -0.220.